The summed E-state index contributed by atoms with van der Waals surface area (Å²) in [6, 6.07) is 9.82. The number of carbonyl (C=O) groups is 1. The average molecular weight is 235 g/mol. The molecule has 0 aliphatic carbocycles. The third-order valence-electron chi connectivity index (χ3n) is 2.68. The fourth-order valence-electron chi connectivity index (χ4n) is 1.62. The van der Waals surface area contributed by atoms with Crippen molar-refractivity contribution in [3.05, 3.63) is 35.9 Å². The number of ketones is 1. The van der Waals surface area contributed by atoms with E-state index >= 15 is 0 Å². The molecular formula is C14H18FNO. The molecule has 0 aliphatic heterocycles. The molecule has 3 heteroatoms. The van der Waals surface area contributed by atoms with Gasteiger partial charge in [0, 0.05) is 0 Å². The predicted octanol–water partition coefficient (Wildman–Crippen LogP) is 3.21. The largest absolute Gasteiger partial charge is 0.300 e. The predicted molar refractivity (Wildman–Crippen MR) is 68.0 cm³/mol. The van der Waals surface area contributed by atoms with Crippen LogP contribution in [0.15, 0.2) is 35.3 Å². The summed E-state index contributed by atoms with van der Waals surface area (Å²) in [6.07, 6.45) is 0.908. The number of hydrogen-bond donors (Lipinski definition) is 0. The number of rotatable bonds is 6. The van der Waals surface area contributed by atoms with Gasteiger partial charge in [-0.25, -0.2) is 4.39 Å². The molecule has 1 rings (SSSR count). The summed E-state index contributed by atoms with van der Waals surface area (Å²) in [5.74, 6) is -0.680. The van der Waals surface area contributed by atoms with Crippen LogP contribution in [0, 0.1) is 5.92 Å². The first kappa shape index (κ1) is 13.6. The summed E-state index contributed by atoms with van der Waals surface area (Å²) in [4.78, 5) is 15.4. The van der Waals surface area contributed by atoms with Gasteiger partial charge in [-0.3, -0.25) is 9.79 Å². The summed E-state index contributed by atoms with van der Waals surface area (Å²) in [6.45, 7) is 3.41. The second kappa shape index (κ2) is 6.94. The first-order valence-corrected chi connectivity index (χ1v) is 5.78. The minimum Gasteiger partial charge on any atom is -0.300 e. The second-order valence-electron chi connectivity index (χ2n) is 4.14. The van der Waals surface area contributed by atoms with E-state index in [-0.39, 0.29) is 5.78 Å². The van der Waals surface area contributed by atoms with Gasteiger partial charge in [-0.05, 0) is 32.0 Å². The first-order chi connectivity index (χ1) is 8.11. The molecule has 2 atom stereocenters. The number of hydrogen-bond acceptors (Lipinski definition) is 2. The van der Waals surface area contributed by atoms with Crippen molar-refractivity contribution in [2.45, 2.75) is 33.0 Å². The molecule has 0 aliphatic rings. The lowest BCUT2D eigenvalue weighted by molar-refractivity contribution is -0.122. The minimum atomic E-state index is -1.12. The SMILES string of the molecule is CC(=O)C(CC=NCc1ccccc1)C(C)F. The third kappa shape index (κ3) is 4.89. The maximum Gasteiger partial charge on any atom is 0.136 e. The standard InChI is InChI=1S/C14H18FNO/c1-11(15)14(12(2)17)8-9-16-10-13-6-4-3-5-7-13/h3-7,9,11,14H,8,10H2,1-2H3. The topological polar surface area (TPSA) is 29.4 Å². The summed E-state index contributed by atoms with van der Waals surface area (Å²) < 4.78 is 13.1. The van der Waals surface area contributed by atoms with Gasteiger partial charge in [0.2, 0.25) is 0 Å². The van der Waals surface area contributed by atoms with Gasteiger partial charge in [0.25, 0.3) is 0 Å². The highest BCUT2D eigenvalue weighted by Crippen LogP contribution is 2.12. The number of halogens is 1. The third-order valence-corrected chi connectivity index (χ3v) is 2.68. The Balaban J connectivity index is 2.42. The molecule has 0 bridgehead atoms. The normalized spacial score (nSPS) is 14.8. The van der Waals surface area contributed by atoms with Crippen molar-refractivity contribution >= 4 is 12.0 Å². The van der Waals surface area contributed by atoms with Crippen molar-refractivity contribution in [1.29, 1.82) is 0 Å². The van der Waals surface area contributed by atoms with Gasteiger partial charge in [0.1, 0.15) is 12.0 Å². The van der Waals surface area contributed by atoms with Crippen molar-refractivity contribution < 1.29 is 9.18 Å². The number of aliphatic imine (C=N–C) groups is 1. The summed E-state index contributed by atoms with van der Waals surface area (Å²) in [7, 11) is 0. The molecule has 1 aromatic carbocycles. The summed E-state index contributed by atoms with van der Waals surface area (Å²) >= 11 is 0. The lowest BCUT2D eigenvalue weighted by atomic mass is 9.97. The lowest BCUT2D eigenvalue weighted by Crippen LogP contribution is -2.20. The molecule has 0 aromatic heterocycles. The Bertz CT molecular complexity index is 373. The Morgan fingerprint density at radius 2 is 2.06 bits per heavy atom. The number of Topliss-reactive ketones (excluding diaryl/α,β-unsaturated/α-hetero) is 1. The van der Waals surface area contributed by atoms with Crippen LogP contribution in [0.4, 0.5) is 4.39 Å². The molecule has 2 unspecified atom stereocenters. The van der Waals surface area contributed by atoms with Gasteiger partial charge in [-0.2, -0.15) is 0 Å². The molecule has 0 fully saturated rings. The van der Waals surface area contributed by atoms with E-state index < -0.39 is 12.1 Å². The van der Waals surface area contributed by atoms with Crippen molar-refractivity contribution in [2.24, 2.45) is 10.9 Å². The molecule has 2 nitrogen and oxygen atoms in total. The van der Waals surface area contributed by atoms with Gasteiger partial charge in [-0.1, -0.05) is 30.3 Å². The highest BCUT2D eigenvalue weighted by Gasteiger charge is 2.19. The molecule has 0 saturated carbocycles. The van der Waals surface area contributed by atoms with Crippen LogP contribution in [-0.4, -0.2) is 18.2 Å². The van der Waals surface area contributed by atoms with E-state index in [1.54, 1.807) is 6.21 Å². The van der Waals surface area contributed by atoms with Crippen LogP contribution >= 0.6 is 0 Å². The Morgan fingerprint density at radius 1 is 1.41 bits per heavy atom. The van der Waals surface area contributed by atoms with E-state index in [0.29, 0.717) is 13.0 Å². The fourth-order valence-corrected chi connectivity index (χ4v) is 1.62. The van der Waals surface area contributed by atoms with E-state index in [9.17, 15) is 9.18 Å². The van der Waals surface area contributed by atoms with E-state index in [4.69, 9.17) is 0 Å². The average Bonchev–Trinajstić information content (AvgIpc) is 2.29. The monoisotopic (exact) mass is 235 g/mol. The van der Waals surface area contributed by atoms with Crippen LogP contribution in [0.2, 0.25) is 0 Å². The zero-order valence-electron chi connectivity index (χ0n) is 10.3. The number of alkyl halides is 1. The van der Waals surface area contributed by atoms with Crippen molar-refractivity contribution in [3.8, 4) is 0 Å². The van der Waals surface area contributed by atoms with E-state index in [0.717, 1.165) is 5.56 Å². The Labute approximate surface area is 102 Å². The van der Waals surface area contributed by atoms with Gasteiger partial charge in [0.05, 0.1) is 12.5 Å². The van der Waals surface area contributed by atoms with E-state index in [1.165, 1.54) is 13.8 Å². The van der Waals surface area contributed by atoms with Crippen LogP contribution in [0.1, 0.15) is 25.8 Å². The molecule has 0 saturated heterocycles. The Kier molecular flexibility index (Phi) is 5.53. The first-order valence-electron chi connectivity index (χ1n) is 5.78. The van der Waals surface area contributed by atoms with Crippen LogP contribution < -0.4 is 0 Å². The highest BCUT2D eigenvalue weighted by molar-refractivity contribution is 5.81. The zero-order chi connectivity index (χ0) is 12.7. The fraction of sp³-hybridized carbons (Fsp3) is 0.429. The molecular weight excluding hydrogens is 217 g/mol. The van der Waals surface area contributed by atoms with Crippen molar-refractivity contribution in [2.75, 3.05) is 0 Å². The lowest BCUT2D eigenvalue weighted by Gasteiger charge is -2.11. The molecule has 17 heavy (non-hydrogen) atoms. The Morgan fingerprint density at radius 3 is 2.59 bits per heavy atom. The molecule has 1 aromatic rings. The zero-order valence-corrected chi connectivity index (χ0v) is 10.3. The summed E-state index contributed by atoms with van der Waals surface area (Å²) in [5, 5.41) is 0. The van der Waals surface area contributed by atoms with Crippen LogP contribution in [0.25, 0.3) is 0 Å². The van der Waals surface area contributed by atoms with Crippen molar-refractivity contribution in [3.63, 3.8) is 0 Å². The van der Waals surface area contributed by atoms with Crippen molar-refractivity contribution in [1.82, 2.24) is 0 Å². The molecule has 0 radical (unpaired) electrons. The molecule has 92 valence electrons. The maximum absolute atomic E-state index is 13.1. The van der Waals surface area contributed by atoms with Crippen LogP contribution in [0.5, 0.6) is 0 Å². The quantitative estimate of drug-likeness (QED) is 0.696. The van der Waals surface area contributed by atoms with E-state index in [2.05, 4.69) is 4.99 Å². The van der Waals surface area contributed by atoms with Gasteiger partial charge < -0.3 is 0 Å². The van der Waals surface area contributed by atoms with Gasteiger partial charge >= 0.3 is 0 Å². The number of benzene rings is 1. The van der Waals surface area contributed by atoms with Crippen LogP contribution in [0.3, 0.4) is 0 Å². The maximum atomic E-state index is 13.1. The number of nitrogens with zero attached hydrogens (tertiary/aromatic N) is 1. The molecule has 0 spiro atoms. The second-order valence-corrected chi connectivity index (χ2v) is 4.14. The molecule has 0 heterocycles. The van der Waals surface area contributed by atoms with Gasteiger partial charge in [0.15, 0.2) is 0 Å². The Hall–Kier alpha value is -1.51. The highest BCUT2D eigenvalue weighted by atomic mass is 19.1. The van der Waals surface area contributed by atoms with E-state index in [1.807, 2.05) is 30.3 Å². The summed E-state index contributed by atoms with van der Waals surface area (Å²) in [5.41, 5.74) is 1.11. The van der Waals surface area contributed by atoms with Crippen LogP contribution in [-0.2, 0) is 11.3 Å². The smallest absolute Gasteiger partial charge is 0.136 e. The molecule has 0 N–H and O–H groups in total. The number of carbonyl (C=O) groups excluding carboxylic acids is 1. The van der Waals surface area contributed by atoms with Gasteiger partial charge in [-0.15, -0.1) is 0 Å². The minimum absolute atomic E-state index is 0.119. The molecule has 0 amide bonds.